The molecule has 0 aromatic heterocycles. The van der Waals surface area contributed by atoms with Crippen LogP contribution >= 0.6 is 11.6 Å². The van der Waals surface area contributed by atoms with Gasteiger partial charge < -0.3 is 10.4 Å². The molecule has 2 aromatic carbocycles. The lowest BCUT2D eigenvalue weighted by Gasteiger charge is -2.21. The fourth-order valence-electron chi connectivity index (χ4n) is 2.88. The molecule has 1 amide bonds. The molecule has 2 N–H and O–H groups in total. The van der Waals surface area contributed by atoms with Crippen molar-refractivity contribution in [1.29, 1.82) is 0 Å². The number of hydrogen-bond donors (Lipinski definition) is 2. The minimum absolute atomic E-state index is 0.309. The van der Waals surface area contributed by atoms with Crippen LogP contribution in [0.1, 0.15) is 23.6 Å². The number of hydrogen-bond acceptors (Lipinski definition) is 2. The number of rotatable bonds is 6. The summed E-state index contributed by atoms with van der Waals surface area (Å²) in [5.74, 6) is -2.76. The van der Waals surface area contributed by atoms with Gasteiger partial charge in [-0.15, -0.1) is 0 Å². The first-order chi connectivity index (χ1) is 11.8. The molecule has 4 nitrogen and oxygen atoms in total. The number of nitrogens with one attached hydrogen (secondary N) is 1. The van der Waals surface area contributed by atoms with E-state index in [1.54, 1.807) is 31.2 Å². The van der Waals surface area contributed by atoms with Crippen molar-refractivity contribution in [3.63, 3.8) is 0 Å². The first-order valence-electron chi connectivity index (χ1n) is 8.12. The zero-order valence-corrected chi connectivity index (χ0v) is 15.3. The van der Waals surface area contributed by atoms with Crippen molar-refractivity contribution >= 4 is 29.2 Å². The van der Waals surface area contributed by atoms with Crippen LogP contribution in [-0.2, 0) is 16.0 Å². The third kappa shape index (κ3) is 5.33. The average Bonchev–Trinajstić information content (AvgIpc) is 2.53. The van der Waals surface area contributed by atoms with Gasteiger partial charge in [-0.2, -0.15) is 0 Å². The number of carboxylic acid groups (broad SMARTS) is 1. The lowest BCUT2D eigenvalue weighted by molar-refractivity contribution is -0.145. The minimum atomic E-state index is -0.986. The van der Waals surface area contributed by atoms with E-state index in [-0.39, 0.29) is 5.91 Å². The van der Waals surface area contributed by atoms with Gasteiger partial charge in [-0.3, -0.25) is 9.59 Å². The third-order valence-electron chi connectivity index (χ3n) is 4.18. The van der Waals surface area contributed by atoms with Crippen LogP contribution in [0.2, 0.25) is 5.02 Å². The summed E-state index contributed by atoms with van der Waals surface area (Å²) in [5, 5.41) is 12.8. The molecule has 0 unspecified atom stereocenters. The molecule has 0 aliphatic carbocycles. The number of aryl methyl sites for hydroxylation is 2. The fraction of sp³-hybridized carbons (Fsp3) is 0.300. The lowest BCUT2D eigenvalue weighted by atomic mass is 9.86. The van der Waals surface area contributed by atoms with Crippen LogP contribution in [0.15, 0.2) is 42.5 Å². The summed E-state index contributed by atoms with van der Waals surface area (Å²) >= 11 is 5.85. The summed E-state index contributed by atoms with van der Waals surface area (Å²) in [7, 11) is 0. The molecule has 25 heavy (non-hydrogen) atoms. The van der Waals surface area contributed by atoms with Gasteiger partial charge in [0.15, 0.2) is 0 Å². The Hall–Kier alpha value is -2.33. The van der Waals surface area contributed by atoms with E-state index in [0.29, 0.717) is 17.1 Å². The Balaban J connectivity index is 2.23. The zero-order chi connectivity index (χ0) is 18.6. The maximum atomic E-state index is 12.7. The van der Waals surface area contributed by atoms with Gasteiger partial charge in [-0.25, -0.2) is 0 Å². The van der Waals surface area contributed by atoms with Crippen LogP contribution in [0.5, 0.6) is 0 Å². The summed E-state index contributed by atoms with van der Waals surface area (Å²) in [6, 6.07) is 12.8. The topological polar surface area (TPSA) is 66.4 Å². The number of amides is 1. The summed E-state index contributed by atoms with van der Waals surface area (Å²) in [4.78, 5) is 24.2. The van der Waals surface area contributed by atoms with Crippen LogP contribution in [0, 0.1) is 25.7 Å². The predicted octanol–water partition coefficient (Wildman–Crippen LogP) is 4.47. The van der Waals surface area contributed by atoms with Gasteiger partial charge in [-0.05, 0) is 50.1 Å². The third-order valence-corrected chi connectivity index (χ3v) is 4.43. The smallest absolute Gasteiger partial charge is 0.307 e. The fourth-order valence-corrected chi connectivity index (χ4v) is 3.00. The van der Waals surface area contributed by atoms with Crippen LogP contribution in [-0.4, -0.2) is 17.0 Å². The second-order valence-electron chi connectivity index (χ2n) is 6.43. The normalized spacial score (nSPS) is 13.1. The van der Waals surface area contributed by atoms with Crippen LogP contribution < -0.4 is 5.32 Å². The van der Waals surface area contributed by atoms with Gasteiger partial charge in [0, 0.05) is 10.7 Å². The van der Waals surface area contributed by atoms with Gasteiger partial charge >= 0.3 is 5.97 Å². The van der Waals surface area contributed by atoms with Gasteiger partial charge in [0.1, 0.15) is 0 Å². The SMILES string of the molecule is Cc1cc(C)cc(C[C@H](C(=O)Nc2ccc(Cl)cc2)[C@H](C)C(=O)O)c1. The predicted molar refractivity (Wildman–Crippen MR) is 100.0 cm³/mol. The molecule has 0 aliphatic heterocycles. The first kappa shape index (κ1) is 19.0. The number of carboxylic acids is 1. The van der Waals surface area contributed by atoms with E-state index in [0.717, 1.165) is 16.7 Å². The maximum Gasteiger partial charge on any atom is 0.307 e. The van der Waals surface area contributed by atoms with Crippen molar-refractivity contribution in [3.05, 3.63) is 64.2 Å². The quantitative estimate of drug-likeness (QED) is 0.799. The lowest BCUT2D eigenvalue weighted by Crippen LogP contribution is -2.33. The van der Waals surface area contributed by atoms with Crippen molar-refractivity contribution in [2.24, 2.45) is 11.8 Å². The van der Waals surface area contributed by atoms with Crippen LogP contribution in [0.3, 0.4) is 0 Å². The number of anilines is 1. The van der Waals surface area contributed by atoms with E-state index in [1.165, 1.54) is 0 Å². The molecule has 0 spiro atoms. The molecule has 2 rings (SSSR count). The van der Waals surface area contributed by atoms with E-state index in [2.05, 4.69) is 5.32 Å². The van der Waals surface area contributed by atoms with E-state index < -0.39 is 17.8 Å². The van der Waals surface area contributed by atoms with Crippen LogP contribution in [0.25, 0.3) is 0 Å². The van der Waals surface area contributed by atoms with Crippen molar-refractivity contribution in [3.8, 4) is 0 Å². The Bertz CT molecular complexity index is 751. The maximum absolute atomic E-state index is 12.7. The van der Waals surface area contributed by atoms with Crippen LogP contribution in [0.4, 0.5) is 5.69 Å². The average molecular weight is 360 g/mol. The molecular weight excluding hydrogens is 338 g/mol. The van der Waals surface area contributed by atoms with Gasteiger partial charge in [-0.1, -0.05) is 47.9 Å². The van der Waals surface area contributed by atoms with Crippen molar-refractivity contribution in [1.82, 2.24) is 0 Å². The Labute approximate surface area is 152 Å². The highest BCUT2D eigenvalue weighted by Gasteiger charge is 2.30. The van der Waals surface area contributed by atoms with E-state index in [4.69, 9.17) is 11.6 Å². The number of benzene rings is 2. The van der Waals surface area contributed by atoms with Crippen molar-refractivity contribution in [2.75, 3.05) is 5.32 Å². The van der Waals surface area contributed by atoms with Crippen molar-refractivity contribution in [2.45, 2.75) is 27.2 Å². The molecule has 2 aromatic rings. The molecule has 2 atom stereocenters. The Morgan fingerprint density at radius 2 is 1.64 bits per heavy atom. The minimum Gasteiger partial charge on any atom is -0.481 e. The molecule has 0 saturated carbocycles. The molecule has 0 bridgehead atoms. The van der Waals surface area contributed by atoms with E-state index in [9.17, 15) is 14.7 Å². The van der Waals surface area contributed by atoms with Crippen molar-refractivity contribution < 1.29 is 14.7 Å². The highest BCUT2D eigenvalue weighted by molar-refractivity contribution is 6.30. The molecule has 0 fully saturated rings. The summed E-state index contributed by atoms with van der Waals surface area (Å²) in [5.41, 5.74) is 3.74. The Morgan fingerprint density at radius 1 is 1.08 bits per heavy atom. The molecule has 5 heteroatoms. The van der Waals surface area contributed by atoms with Gasteiger partial charge in [0.25, 0.3) is 0 Å². The second kappa shape index (κ2) is 8.17. The largest absolute Gasteiger partial charge is 0.481 e. The van der Waals surface area contributed by atoms with Gasteiger partial charge in [0.2, 0.25) is 5.91 Å². The Morgan fingerprint density at radius 3 is 2.16 bits per heavy atom. The summed E-state index contributed by atoms with van der Waals surface area (Å²) < 4.78 is 0. The second-order valence-corrected chi connectivity index (χ2v) is 6.87. The molecule has 0 aliphatic rings. The standard InChI is InChI=1S/C20H22ClNO3/c1-12-8-13(2)10-15(9-12)11-18(14(3)20(24)25)19(23)22-17-6-4-16(21)5-7-17/h4-10,14,18H,11H2,1-3H3,(H,22,23)(H,24,25)/t14-,18-/m0/s1. The number of aliphatic carboxylic acids is 1. The first-order valence-corrected chi connectivity index (χ1v) is 8.50. The highest BCUT2D eigenvalue weighted by atomic mass is 35.5. The number of carbonyl (C=O) groups is 2. The molecule has 0 radical (unpaired) electrons. The number of carbonyl (C=O) groups excluding carboxylic acids is 1. The zero-order valence-electron chi connectivity index (χ0n) is 14.5. The van der Waals surface area contributed by atoms with E-state index in [1.807, 2.05) is 32.0 Å². The molecule has 0 heterocycles. The summed E-state index contributed by atoms with van der Waals surface area (Å²) in [6.45, 7) is 5.54. The molecule has 132 valence electrons. The van der Waals surface area contributed by atoms with Gasteiger partial charge in [0.05, 0.1) is 11.8 Å². The molecule has 0 saturated heterocycles. The molecular formula is C20H22ClNO3. The van der Waals surface area contributed by atoms with E-state index >= 15 is 0 Å². The monoisotopic (exact) mass is 359 g/mol. The summed E-state index contributed by atoms with van der Waals surface area (Å²) in [6.07, 6.45) is 0.370. The Kier molecular flexibility index (Phi) is 6.21. The highest BCUT2D eigenvalue weighted by Crippen LogP contribution is 2.23. The number of halogens is 1.